The lowest BCUT2D eigenvalue weighted by Crippen LogP contribution is -2.50. The van der Waals surface area contributed by atoms with E-state index < -0.39 is 0 Å². The van der Waals surface area contributed by atoms with E-state index in [-0.39, 0.29) is 29.6 Å². The Balaban J connectivity index is 0.717. The van der Waals surface area contributed by atoms with Gasteiger partial charge in [-0.25, -0.2) is 4.39 Å². The number of likely N-dealkylation sites (tertiary alicyclic amines) is 1. The van der Waals surface area contributed by atoms with E-state index in [9.17, 15) is 14.7 Å². The summed E-state index contributed by atoms with van der Waals surface area (Å²) in [6.07, 6.45) is 5.24. The number of imide groups is 1. The lowest BCUT2D eigenvalue weighted by molar-refractivity contribution is -0.137. The lowest BCUT2D eigenvalue weighted by atomic mass is 9.69. The molecule has 4 aliphatic heterocycles. The summed E-state index contributed by atoms with van der Waals surface area (Å²) in [6, 6.07) is 28.7. The molecule has 3 fully saturated rings. The number of phenolic OH excluding ortho intramolecular Hbond substituents is 1. The number of fused-ring (bicyclic) bond motifs is 2. The summed E-state index contributed by atoms with van der Waals surface area (Å²) in [7, 11) is 0. The molecular formula is C47H54FN5O4. The van der Waals surface area contributed by atoms with Gasteiger partial charge in [0.05, 0.1) is 11.7 Å². The number of aromatic hydroxyl groups is 1. The van der Waals surface area contributed by atoms with Crippen molar-refractivity contribution in [3.63, 3.8) is 0 Å². The predicted octanol–water partition coefficient (Wildman–Crippen LogP) is 6.43. The number of amides is 2. The highest BCUT2D eigenvalue weighted by atomic mass is 19.1. The molecule has 2 N–H and O–H groups in total. The van der Waals surface area contributed by atoms with Crippen LogP contribution in [0.3, 0.4) is 0 Å². The normalized spacial score (nSPS) is 23.6. The number of nitrogens with one attached hydrogen (secondary N) is 1. The van der Waals surface area contributed by atoms with Crippen LogP contribution in [-0.4, -0.2) is 96.6 Å². The lowest BCUT2D eigenvalue weighted by Gasteiger charge is -2.39. The Morgan fingerprint density at radius 1 is 0.737 bits per heavy atom. The molecule has 4 aromatic rings. The molecule has 0 aromatic heterocycles. The second-order valence-electron chi connectivity index (χ2n) is 16.9. The molecule has 1 aliphatic carbocycles. The maximum atomic E-state index is 15.4. The minimum atomic E-state index is -0.340. The predicted molar refractivity (Wildman–Crippen MR) is 219 cm³/mol. The molecule has 298 valence electrons. The van der Waals surface area contributed by atoms with E-state index in [1.807, 2.05) is 18.2 Å². The molecule has 4 aromatic carbocycles. The zero-order chi connectivity index (χ0) is 38.9. The number of piperidine rings is 2. The molecule has 9 nitrogen and oxygen atoms in total. The van der Waals surface area contributed by atoms with Crippen LogP contribution < -0.4 is 15.0 Å². The van der Waals surface area contributed by atoms with Crippen LogP contribution in [-0.2, 0) is 29.1 Å². The highest BCUT2D eigenvalue weighted by molar-refractivity contribution is 6.00. The molecule has 10 heteroatoms. The first kappa shape index (κ1) is 37.8. The number of benzene rings is 4. The molecule has 5 aliphatic rings. The molecule has 2 amide bonds. The molecule has 0 spiro atoms. The summed E-state index contributed by atoms with van der Waals surface area (Å²) in [5.74, 6) is 1.88. The molecule has 4 heterocycles. The van der Waals surface area contributed by atoms with Crippen LogP contribution in [0.25, 0.3) is 0 Å². The number of rotatable bonds is 10. The van der Waals surface area contributed by atoms with Crippen LogP contribution in [0.15, 0.2) is 84.9 Å². The maximum Gasteiger partial charge on any atom is 0.243 e. The van der Waals surface area contributed by atoms with Gasteiger partial charge in [0.1, 0.15) is 23.9 Å². The van der Waals surface area contributed by atoms with Gasteiger partial charge >= 0.3 is 0 Å². The van der Waals surface area contributed by atoms with Crippen molar-refractivity contribution in [2.24, 2.45) is 5.92 Å². The number of carbonyl (C=O) groups is 2. The number of halogens is 1. The summed E-state index contributed by atoms with van der Waals surface area (Å²) >= 11 is 0. The van der Waals surface area contributed by atoms with Crippen molar-refractivity contribution in [3.8, 4) is 11.5 Å². The van der Waals surface area contributed by atoms with Gasteiger partial charge in [-0.3, -0.25) is 29.6 Å². The third-order valence-corrected chi connectivity index (χ3v) is 13.3. The molecule has 0 bridgehead atoms. The average molecular weight is 772 g/mol. The molecule has 0 saturated carbocycles. The van der Waals surface area contributed by atoms with E-state index in [1.54, 1.807) is 6.07 Å². The third kappa shape index (κ3) is 8.31. The minimum absolute atomic E-state index is 0.189. The number of nitrogens with zero attached hydrogens (tertiary/aromatic N) is 4. The molecular weight excluding hydrogens is 718 g/mol. The van der Waals surface area contributed by atoms with Gasteiger partial charge in [0.15, 0.2) is 0 Å². The summed E-state index contributed by atoms with van der Waals surface area (Å²) in [4.78, 5) is 33.4. The van der Waals surface area contributed by atoms with Crippen LogP contribution in [0.5, 0.6) is 11.5 Å². The first-order valence-corrected chi connectivity index (χ1v) is 21.0. The molecule has 0 radical (unpaired) electrons. The summed E-state index contributed by atoms with van der Waals surface area (Å²) in [6.45, 7) is 9.44. The summed E-state index contributed by atoms with van der Waals surface area (Å²) in [5, 5.41) is 12.6. The molecule has 57 heavy (non-hydrogen) atoms. The zero-order valence-corrected chi connectivity index (χ0v) is 32.8. The minimum Gasteiger partial charge on any atom is -0.508 e. The van der Waals surface area contributed by atoms with Gasteiger partial charge in [0.25, 0.3) is 0 Å². The van der Waals surface area contributed by atoms with Gasteiger partial charge in [-0.2, -0.15) is 0 Å². The van der Waals surface area contributed by atoms with E-state index in [0.717, 1.165) is 82.1 Å². The van der Waals surface area contributed by atoms with Crippen molar-refractivity contribution in [3.05, 3.63) is 124 Å². The second-order valence-corrected chi connectivity index (χ2v) is 16.9. The number of piperazine rings is 1. The fourth-order valence-electron chi connectivity index (χ4n) is 10.2. The zero-order valence-electron chi connectivity index (χ0n) is 32.8. The van der Waals surface area contributed by atoms with Crippen molar-refractivity contribution < 1.29 is 23.8 Å². The third-order valence-electron chi connectivity index (χ3n) is 13.3. The van der Waals surface area contributed by atoms with Crippen LogP contribution in [0.1, 0.15) is 77.3 Å². The summed E-state index contributed by atoms with van der Waals surface area (Å²) in [5.41, 5.74) is 7.87. The second kappa shape index (κ2) is 16.6. The Bertz CT molecular complexity index is 2060. The standard InChI is InChI=1S/C47H54FN5O4/c48-42-27-36-30-53(43-14-15-45(55)49-47(43)56)31-37(36)28-44(42)52-22-20-51(21-23-52)29-32-16-18-50(19-17-32)24-25-57-39-10-6-34(7-11-39)46-40(33-4-2-1-3-5-33)12-8-35-26-38(54)9-13-41(35)46/h1-7,9-11,13,26-28,32,40,43,46,54H,8,12,14-25,29-31H2,(H,49,55,56)/t40-,43?,46+/m1/s1. The smallest absolute Gasteiger partial charge is 0.243 e. The molecule has 3 saturated heterocycles. The Morgan fingerprint density at radius 2 is 1.49 bits per heavy atom. The Morgan fingerprint density at radius 3 is 2.25 bits per heavy atom. The molecule has 9 rings (SSSR count). The van der Waals surface area contributed by atoms with Gasteiger partial charge in [-0.15, -0.1) is 0 Å². The Labute approximate surface area is 335 Å². The van der Waals surface area contributed by atoms with Crippen LogP contribution in [0.2, 0.25) is 0 Å². The van der Waals surface area contributed by atoms with E-state index in [4.69, 9.17) is 4.74 Å². The van der Waals surface area contributed by atoms with Crippen molar-refractivity contribution in [1.82, 2.24) is 20.0 Å². The Kier molecular flexibility index (Phi) is 11.0. The maximum absolute atomic E-state index is 15.4. The molecule has 3 atom stereocenters. The number of hydrogen-bond donors (Lipinski definition) is 2. The number of carbonyl (C=O) groups excluding carboxylic acids is 2. The SMILES string of the molecule is O=C1CCC(N2Cc3cc(F)c(N4CCN(CC5CCN(CCOc6ccc([C@@H]7c8ccc(O)cc8CC[C@@H]7c7ccccc7)cc6)CC5)CC4)cc3C2)C(=O)N1. The van der Waals surface area contributed by atoms with Crippen molar-refractivity contribution >= 4 is 17.5 Å². The highest BCUT2D eigenvalue weighted by Gasteiger charge is 2.36. The summed E-state index contributed by atoms with van der Waals surface area (Å²) < 4.78 is 21.7. The van der Waals surface area contributed by atoms with Gasteiger partial charge in [-0.05, 0) is 127 Å². The van der Waals surface area contributed by atoms with Gasteiger partial charge in [0.2, 0.25) is 11.8 Å². The van der Waals surface area contributed by atoms with Crippen LogP contribution >= 0.6 is 0 Å². The fourth-order valence-corrected chi connectivity index (χ4v) is 10.2. The van der Waals surface area contributed by atoms with E-state index in [2.05, 4.69) is 85.6 Å². The van der Waals surface area contributed by atoms with E-state index >= 15 is 4.39 Å². The van der Waals surface area contributed by atoms with E-state index in [1.165, 1.54) is 35.1 Å². The van der Waals surface area contributed by atoms with Gasteiger partial charge < -0.3 is 14.7 Å². The fraction of sp³-hybridized carbons (Fsp3) is 0.447. The average Bonchev–Trinajstić information content (AvgIpc) is 3.64. The van der Waals surface area contributed by atoms with Gasteiger partial charge in [-0.1, -0.05) is 48.5 Å². The monoisotopic (exact) mass is 771 g/mol. The quantitative estimate of drug-likeness (QED) is 0.179. The van der Waals surface area contributed by atoms with E-state index in [0.29, 0.717) is 55.8 Å². The first-order valence-electron chi connectivity index (χ1n) is 21.0. The number of hydrogen-bond acceptors (Lipinski definition) is 8. The van der Waals surface area contributed by atoms with Crippen molar-refractivity contribution in [1.29, 1.82) is 0 Å². The van der Waals surface area contributed by atoms with Crippen LogP contribution in [0, 0.1) is 11.7 Å². The number of anilines is 1. The molecule has 1 unspecified atom stereocenters. The first-order chi connectivity index (χ1) is 27.8. The number of aryl methyl sites for hydroxylation is 1. The van der Waals surface area contributed by atoms with Crippen LogP contribution in [0.4, 0.5) is 10.1 Å². The topological polar surface area (TPSA) is 88.6 Å². The van der Waals surface area contributed by atoms with Gasteiger partial charge in [0, 0.05) is 64.7 Å². The highest BCUT2D eigenvalue weighted by Crippen LogP contribution is 2.47. The number of ether oxygens (including phenoxy) is 1. The largest absolute Gasteiger partial charge is 0.508 e. The number of phenols is 1. The Hall–Kier alpha value is -4.77. The van der Waals surface area contributed by atoms with Crippen molar-refractivity contribution in [2.45, 2.75) is 69.5 Å². The van der Waals surface area contributed by atoms with Crippen molar-refractivity contribution in [2.75, 3.05) is 63.9 Å².